The fourth-order valence-electron chi connectivity index (χ4n) is 6.84. The van der Waals surface area contributed by atoms with Crippen LogP contribution in [0.4, 0.5) is 9.59 Å². The number of hydrazine groups is 1. The largest absolute Gasteiger partial charge is 0.508 e. The Kier molecular flexibility index (Phi) is 15.4. The van der Waals surface area contributed by atoms with Crippen molar-refractivity contribution >= 4 is 23.9 Å². The van der Waals surface area contributed by atoms with Gasteiger partial charge in [-0.3, -0.25) is 20.0 Å². The van der Waals surface area contributed by atoms with Gasteiger partial charge in [0.25, 0.3) is 0 Å². The van der Waals surface area contributed by atoms with Gasteiger partial charge in [-0.25, -0.2) is 14.6 Å². The third-order valence-corrected chi connectivity index (χ3v) is 10.0. The monoisotopic (exact) mass is 759 g/mol. The normalized spacial score (nSPS) is 16.5. The highest BCUT2D eigenvalue weighted by atomic mass is 16.5. The average molecular weight is 760 g/mol. The number of ether oxygens (including phenoxy) is 1. The number of carbonyl (C=O) groups excluding carboxylic acids is 4. The van der Waals surface area contributed by atoms with Crippen LogP contribution in [0.2, 0.25) is 0 Å². The number of amides is 5. The highest BCUT2D eigenvalue weighted by Gasteiger charge is 2.43. The van der Waals surface area contributed by atoms with E-state index < -0.39 is 35.6 Å². The van der Waals surface area contributed by atoms with Crippen molar-refractivity contribution < 1.29 is 34.1 Å². The number of rotatable bonds is 19. The first kappa shape index (κ1) is 42.5. The van der Waals surface area contributed by atoms with Crippen molar-refractivity contribution in [2.45, 2.75) is 85.2 Å². The predicted molar refractivity (Wildman–Crippen MR) is 208 cm³/mol. The van der Waals surface area contributed by atoms with Gasteiger partial charge in [0.15, 0.2) is 0 Å². The van der Waals surface area contributed by atoms with E-state index in [0.29, 0.717) is 12.8 Å². The summed E-state index contributed by atoms with van der Waals surface area (Å²) in [5.41, 5.74) is 5.51. The van der Waals surface area contributed by atoms with Crippen LogP contribution in [0.1, 0.15) is 63.1 Å². The molecule has 1 aliphatic rings. The maximum absolute atomic E-state index is 14.5. The molecular formula is C41H57N7O7. The van der Waals surface area contributed by atoms with E-state index in [1.54, 1.807) is 34.2 Å². The van der Waals surface area contributed by atoms with Crippen molar-refractivity contribution in [2.75, 3.05) is 26.7 Å². The fraction of sp³-hybridized carbons (Fsp3) is 0.488. The molecule has 55 heavy (non-hydrogen) atoms. The van der Waals surface area contributed by atoms with Crippen LogP contribution in [0, 0.1) is 24.2 Å². The number of benzene rings is 2. The standard InChI is InChI=1S/C41H57N7O7/c1-7-27(2)37(34-22-42-39(53)48(34)24-31-15-11-12-28(3)44-31)38(52)45-33(20-29-13-9-8-10-14-29)35(50)25-47(23-30-16-18-32(49)19-17-30)46-36(51)21-41(4,5)26-43-40(54)55-6/h8-19,27,33-35,37,49-50H,7,20-26H2,1-6H3,(H,42,53)(H,43,54)(H,45,52)(H,46,51). The number of aliphatic hydroxyl groups excluding tert-OH is 1. The number of hydrogen-bond donors (Lipinski definition) is 6. The Labute approximate surface area is 324 Å². The molecule has 0 bridgehead atoms. The minimum absolute atomic E-state index is 0.0443. The molecule has 3 aromatic rings. The first-order valence-electron chi connectivity index (χ1n) is 18.8. The maximum Gasteiger partial charge on any atom is 0.406 e. The summed E-state index contributed by atoms with van der Waals surface area (Å²) >= 11 is 0. The van der Waals surface area contributed by atoms with Crippen molar-refractivity contribution in [1.82, 2.24) is 36.3 Å². The van der Waals surface area contributed by atoms with Gasteiger partial charge in [0, 0.05) is 38.3 Å². The molecule has 1 aliphatic heterocycles. The molecule has 5 unspecified atom stereocenters. The van der Waals surface area contributed by atoms with Crippen LogP contribution < -0.4 is 21.4 Å². The van der Waals surface area contributed by atoms with Gasteiger partial charge in [-0.2, -0.15) is 0 Å². The van der Waals surface area contributed by atoms with Crippen LogP contribution in [0.3, 0.4) is 0 Å². The number of pyridine rings is 1. The number of methoxy groups -OCH3 is 1. The van der Waals surface area contributed by atoms with E-state index in [9.17, 15) is 29.4 Å². The molecule has 0 saturated carbocycles. The first-order chi connectivity index (χ1) is 26.2. The van der Waals surface area contributed by atoms with Gasteiger partial charge in [-0.1, -0.05) is 82.6 Å². The highest BCUT2D eigenvalue weighted by molar-refractivity contribution is 5.83. The molecule has 1 fully saturated rings. The molecule has 1 aromatic heterocycles. The van der Waals surface area contributed by atoms with Crippen LogP contribution in [-0.4, -0.2) is 94.0 Å². The van der Waals surface area contributed by atoms with E-state index in [2.05, 4.69) is 31.1 Å². The molecule has 2 aromatic carbocycles. The van der Waals surface area contributed by atoms with Crippen molar-refractivity contribution in [3.05, 3.63) is 95.3 Å². The predicted octanol–water partition coefficient (Wildman–Crippen LogP) is 4.05. The summed E-state index contributed by atoms with van der Waals surface area (Å²) in [5.74, 6) is -1.25. The van der Waals surface area contributed by atoms with Crippen molar-refractivity contribution in [3.63, 3.8) is 0 Å². The topological polar surface area (TPSA) is 185 Å². The number of aryl methyl sites for hydroxylation is 1. The Hall–Kier alpha value is -5.21. The molecule has 5 atom stereocenters. The molecule has 4 rings (SSSR count). The number of nitrogens with one attached hydrogen (secondary N) is 4. The van der Waals surface area contributed by atoms with Crippen molar-refractivity contribution in [1.29, 1.82) is 0 Å². The Morgan fingerprint density at radius 2 is 1.76 bits per heavy atom. The molecule has 2 heterocycles. The number of alkyl carbamates (subject to hydrolysis) is 1. The number of nitrogens with zero attached hydrogens (tertiary/aromatic N) is 3. The van der Waals surface area contributed by atoms with Crippen LogP contribution in [0.25, 0.3) is 0 Å². The Balaban J connectivity index is 1.58. The van der Waals surface area contributed by atoms with E-state index in [1.165, 1.54) is 7.11 Å². The van der Waals surface area contributed by atoms with Crippen LogP contribution in [0.5, 0.6) is 5.75 Å². The summed E-state index contributed by atoms with van der Waals surface area (Å²) in [4.78, 5) is 59.1. The number of aromatic hydroxyl groups is 1. The highest BCUT2D eigenvalue weighted by Crippen LogP contribution is 2.28. The van der Waals surface area contributed by atoms with E-state index in [1.807, 2.05) is 83.1 Å². The fourth-order valence-corrected chi connectivity index (χ4v) is 6.84. The van der Waals surface area contributed by atoms with E-state index in [0.717, 1.165) is 22.5 Å². The summed E-state index contributed by atoms with van der Waals surface area (Å²) in [5, 5.41) is 32.2. The summed E-state index contributed by atoms with van der Waals surface area (Å²) in [6.45, 7) is 10.4. The quantitative estimate of drug-likeness (QED) is 0.0982. The van der Waals surface area contributed by atoms with Gasteiger partial charge in [0.05, 0.1) is 43.5 Å². The van der Waals surface area contributed by atoms with Crippen molar-refractivity contribution in [2.24, 2.45) is 17.3 Å². The number of aliphatic hydroxyl groups is 1. The molecule has 14 nitrogen and oxygen atoms in total. The third-order valence-electron chi connectivity index (χ3n) is 10.0. The number of urea groups is 1. The van der Waals surface area contributed by atoms with E-state index in [4.69, 9.17) is 0 Å². The zero-order valence-corrected chi connectivity index (χ0v) is 32.7. The van der Waals surface area contributed by atoms with Gasteiger partial charge in [0.1, 0.15) is 5.75 Å². The van der Waals surface area contributed by atoms with Crippen LogP contribution >= 0.6 is 0 Å². The number of phenolic OH excluding ortho intramolecular Hbond substituents is 1. The molecule has 5 amide bonds. The third kappa shape index (κ3) is 13.0. The number of carbonyl (C=O) groups is 4. The lowest BCUT2D eigenvalue weighted by Gasteiger charge is -2.36. The number of hydrogen-bond acceptors (Lipinski definition) is 9. The molecule has 0 aliphatic carbocycles. The molecule has 14 heteroatoms. The molecule has 0 spiro atoms. The van der Waals surface area contributed by atoms with Gasteiger partial charge in [-0.15, -0.1) is 0 Å². The minimum atomic E-state index is -1.16. The summed E-state index contributed by atoms with van der Waals surface area (Å²) in [6.07, 6.45) is -0.734. The second-order valence-electron chi connectivity index (χ2n) is 15.2. The molecular weight excluding hydrogens is 702 g/mol. The van der Waals surface area contributed by atoms with Crippen LogP contribution in [-0.2, 0) is 33.8 Å². The lowest BCUT2D eigenvalue weighted by atomic mass is 9.83. The smallest absolute Gasteiger partial charge is 0.406 e. The Morgan fingerprint density at radius 3 is 2.42 bits per heavy atom. The van der Waals surface area contributed by atoms with Crippen molar-refractivity contribution in [3.8, 4) is 5.75 Å². The second-order valence-corrected chi connectivity index (χ2v) is 15.2. The maximum atomic E-state index is 14.5. The first-order valence-corrected chi connectivity index (χ1v) is 18.8. The molecule has 0 radical (unpaired) electrons. The van der Waals surface area contributed by atoms with Gasteiger partial charge >= 0.3 is 12.1 Å². The van der Waals surface area contributed by atoms with E-state index >= 15 is 0 Å². The average Bonchev–Trinajstić information content (AvgIpc) is 3.49. The van der Waals surface area contributed by atoms with E-state index in [-0.39, 0.29) is 68.7 Å². The minimum Gasteiger partial charge on any atom is -0.508 e. The lowest BCUT2D eigenvalue weighted by molar-refractivity contribution is -0.132. The van der Waals surface area contributed by atoms with Gasteiger partial charge in [0.2, 0.25) is 11.8 Å². The number of aromatic nitrogens is 1. The van der Waals surface area contributed by atoms with Gasteiger partial charge < -0.3 is 35.8 Å². The summed E-state index contributed by atoms with van der Waals surface area (Å²) < 4.78 is 4.67. The van der Waals surface area contributed by atoms with Crippen LogP contribution in [0.15, 0.2) is 72.8 Å². The molecule has 298 valence electrons. The molecule has 1 saturated heterocycles. The zero-order valence-electron chi connectivity index (χ0n) is 32.7. The zero-order chi connectivity index (χ0) is 40.1. The summed E-state index contributed by atoms with van der Waals surface area (Å²) in [6, 6.07) is 20.2. The van der Waals surface area contributed by atoms with Gasteiger partial charge in [-0.05, 0) is 60.1 Å². The summed E-state index contributed by atoms with van der Waals surface area (Å²) in [7, 11) is 1.27. The Bertz CT molecular complexity index is 1720. The Morgan fingerprint density at radius 1 is 1.05 bits per heavy atom. The second kappa shape index (κ2) is 19.9. The molecule has 6 N–H and O–H groups in total. The number of phenols is 1. The lowest BCUT2D eigenvalue weighted by Crippen LogP contribution is -2.56. The SMILES string of the molecule is CCC(C)C(C(=O)NC(Cc1ccccc1)C(O)CN(Cc1ccc(O)cc1)NC(=O)CC(C)(C)CNC(=O)OC)C1CNC(=O)N1Cc1cccc(C)n1.